The van der Waals surface area contributed by atoms with E-state index in [0.717, 1.165) is 55.0 Å². The summed E-state index contributed by atoms with van der Waals surface area (Å²) in [7, 11) is 0. The summed E-state index contributed by atoms with van der Waals surface area (Å²) in [6, 6.07) is 19.2. The first-order chi connectivity index (χ1) is 20.6. The number of amides is 1. The maximum Gasteiger partial charge on any atom is 0.251 e. The van der Waals surface area contributed by atoms with Crippen molar-refractivity contribution in [1.29, 1.82) is 0 Å². The number of carbonyl (C=O) groups is 1. The summed E-state index contributed by atoms with van der Waals surface area (Å²) >= 11 is 6.41. The predicted molar refractivity (Wildman–Crippen MR) is 173 cm³/mol. The number of carbonyl (C=O) groups excluding carboxylic acids is 1. The van der Waals surface area contributed by atoms with Gasteiger partial charge in [0.25, 0.3) is 5.91 Å². The van der Waals surface area contributed by atoms with Crippen molar-refractivity contribution in [3.63, 3.8) is 0 Å². The molecule has 8 heteroatoms. The van der Waals surface area contributed by atoms with Crippen molar-refractivity contribution in [2.45, 2.75) is 83.6 Å². The molecule has 0 spiro atoms. The number of halogens is 1. The lowest BCUT2D eigenvalue weighted by Gasteiger charge is -2.39. The third kappa shape index (κ3) is 8.08. The van der Waals surface area contributed by atoms with Gasteiger partial charge in [-0.15, -0.1) is 0 Å². The first-order valence-corrected chi connectivity index (χ1v) is 16.0. The third-order valence-corrected chi connectivity index (χ3v) is 8.81. The van der Waals surface area contributed by atoms with Crippen molar-refractivity contribution in [2.24, 2.45) is 5.92 Å². The zero-order chi connectivity index (χ0) is 30.6. The number of fused-ring (bicyclic) bond motifs is 1. The van der Waals surface area contributed by atoms with Gasteiger partial charge in [-0.1, -0.05) is 67.9 Å². The van der Waals surface area contributed by atoms with Crippen LogP contribution in [0, 0.1) is 5.92 Å². The Morgan fingerprint density at radius 2 is 1.95 bits per heavy atom. The van der Waals surface area contributed by atoms with Gasteiger partial charge in [0.15, 0.2) is 0 Å². The van der Waals surface area contributed by atoms with Gasteiger partial charge in [0.2, 0.25) is 0 Å². The molecule has 5 rings (SSSR count). The van der Waals surface area contributed by atoms with Gasteiger partial charge in [0, 0.05) is 43.2 Å². The molecule has 2 aromatic carbocycles. The molecule has 1 amide bonds. The van der Waals surface area contributed by atoms with Gasteiger partial charge in [-0.25, -0.2) is 4.98 Å². The van der Waals surface area contributed by atoms with E-state index < -0.39 is 12.1 Å². The number of aryl methyl sites for hydroxylation is 1. The maximum atomic E-state index is 13.7. The van der Waals surface area contributed by atoms with Crippen molar-refractivity contribution < 1.29 is 14.6 Å². The molecule has 230 valence electrons. The fraction of sp³-hybridized carbons (Fsp3) is 0.486. The summed E-state index contributed by atoms with van der Waals surface area (Å²) < 4.78 is 6.27. The average molecular weight is 605 g/mol. The van der Waals surface area contributed by atoms with Gasteiger partial charge in [0.1, 0.15) is 22.3 Å². The topological polar surface area (TPSA) is 86.7 Å². The van der Waals surface area contributed by atoms with Gasteiger partial charge in [-0.3, -0.25) is 4.79 Å². The second-order valence-electron chi connectivity index (χ2n) is 12.8. The summed E-state index contributed by atoms with van der Waals surface area (Å²) in [6.45, 7) is 10.6. The van der Waals surface area contributed by atoms with Gasteiger partial charge >= 0.3 is 0 Å². The van der Waals surface area contributed by atoms with Crippen LogP contribution in [0.5, 0.6) is 5.75 Å². The largest absolute Gasteiger partial charge is 0.487 e. The van der Waals surface area contributed by atoms with Crippen LogP contribution in [0.15, 0.2) is 60.7 Å². The lowest BCUT2D eigenvalue weighted by Crippen LogP contribution is -2.50. The lowest BCUT2D eigenvalue weighted by molar-refractivity contribution is 0.0582. The summed E-state index contributed by atoms with van der Waals surface area (Å²) in [5.74, 6) is 1.88. The summed E-state index contributed by atoms with van der Waals surface area (Å²) in [5.41, 5.74) is 3.50. The number of aliphatic hydroxyl groups excluding tert-OH is 1. The van der Waals surface area contributed by atoms with Crippen LogP contribution < -0.4 is 20.3 Å². The summed E-state index contributed by atoms with van der Waals surface area (Å²) in [5, 5.41) is 18.6. The van der Waals surface area contributed by atoms with Gasteiger partial charge in [0.05, 0.1) is 12.1 Å². The number of hydrogen-bond acceptors (Lipinski definition) is 6. The number of pyridine rings is 1. The Bertz CT molecular complexity index is 1400. The smallest absolute Gasteiger partial charge is 0.251 e. The highest BCUT2D eigenvalue weighted by Gasteiger charge is 2.34. The van der Waals surface area contributed by atoms with Crippen LogP contribution >= 0.6 is 11.6 Å². The fourth-order valence-corrected chi connectivity index (χ4v) is 6.49. The first-order valence-electron chi connectivity index (χ1n) is 15.6. The molecule has 2 aliphatic rings. The number of hydrogen-bond donors (Lipinski definition) is 3. The Morgan fingerprint density at radius 1 is 1.16 bits per heavy atom. The molecule has 0 saturated carbocycles. The van der Waals surface area contributed by atoms with E-state index >= 15 is 0 Å². The monoisotopic (exact) mass is 604 g/mol. The quantitative estimate of drug-likeness (QED) is 0.242. The van der Waals surface area contributed by atoms with Crippen LogP contribution in [0.2, 0.25) is 5.15 Å². The number of piperidine rings is 1. The van der Waals surface area contributed by atoms with E-state index in [1.807, 2.05) is 36.4 Å². The molecule has 1 saturated heterocycles. The normalized spacial score (nSPS) is 20.9. The van der Waals surface area contributed by atoms with E-state index in [2.05, 4.69) is 66.4 Å². The number of ether oxygens (including phenoxy) is 1. The number of aliphatic hydroxyl groups is 1. The standard InChI is InChI=1S/C35H45ClN4O3/c1-5-24-13-14-31-27(16-24)29(20-35(3,4)43-31)37-21-30(41)28(17-25-11-7-6-8-12-25)38-34(42)26-18-32(36)39-33(19-26)40-15-9-10-23(2)22-40/h6-8,11-14,16,18-19,23,28-30,37,41H,5,9-10,15,17,20-22H2,1-4H3,(H,38,42)/t23-,28+,29+,30+/m1/s1. The Morgan fingerprint density at radius 3 is 2.70 bits per heavy atom. The first kappa shape index (κ1) is 31.3. The van der Waals surface area contributed by atoms with E-state index in [-0.39, 0.29) is 22.7 Å². The highest BCUT2D eigenvalue weighted by Crippen LogP contribution is 2.40. The minimum Gasteiger partial charge on any atom is -0.487 e. The predicted octanol–water partition coefficient (Wildman–Crippen LogP) is 6.13. The highest BCUT2D eigenvalue weighted by molar-refractivity contribution is 6.30. The van der Waals surface area contributed by atoms with Crippen LogP contribution in [0.1, 0.15) is 80.0 Å². The van der Waals surface area contributed by atoms with Crippen LogP contribution in [0.25, 0.3) is 0 Å². The maximum absolute atomic E-state index is 13.7. The number of rotatable bonds is 10. The number of nitrogens with zero attached hydrogens (tertiary/aromatic N) is 2. The zero-order valence-corrected chi connectivity index (χ0v) is 26.5. The Kier molecular flexibility index (Phi) is 9.95. The van der Waals surface area contributed by atoms with E-state index in [1.165, 1.54) is 12.0 Å². The van der Waals surface area contributed by atoms with E-state index in [4.69, 9.17) is 16.3 Å². The summed E-state index contributed by atoms with van der Waals surface area (Å²) in [6.07, 6.45) is 3.63. The minimum atomic E-state index is -0.840. The molecule has 7 nitrogen and oxygen atoms in total. The van der Waals surface area contributed by atoms with Gasteiger partial charge in [-0.05, 0) is 74.8 Å². The van der Waals surface area contributed by atoms with Crippen molar-refractivity contribution in [1.82, 2.24) is 15.6 Å². The number of aromatic nitrogens is 1. The van der Waals surface area contributed by atoms with Gasteiger partial charge < -0.3 is 25.4 Å². The molecule has 0 aliphatic carbocycles. The summed E-state index contributed by atoms with van der Waals surface area (Å²) in [4.78, 5) is 20.4. The Balaban J connectivity index is 1.34. The molecule has 3 aromatic rings. The molecule has 3 N–H and O–H groups in total. The van der Waals surface area contributed by atoms with Crippen molar-refractivity contribution in [3.8, 4) is 5.75 Å². The second-order valence-corrected chi connectivity index (χ2v) is 13.2. The molecule has 0 radical (unpaired) electrons. The molecule has 1 fully saturated rings. The lowest BCUT2D eigenvalue weighted by atomic mass is 9.88. The number of anilines is 1. The average Bonchev–Trinajstić information content (AvgIpc) is 2.99. The Labute approximate surface area is 261 Å². The number of nitrogens with one attached hydrogen (secondary N) is 2. The fourth-order valence-electron chi connectivity index (χ4n) is 6.29. The second kappa shape index (κ2) is 13.7. The minimum absolute atomic E-state index is 0.0153. The Hall–Kier alpha value is -3.13. The molecule has 0 bridgehead atoms. The molecule has 0 unspecified atom stereocenters. The third-order valence-electron chi connectivity index (χ3n) is 8.62. The highest BCUT2D eigenvalue weighted by atomic mass is 35.5. The molecule has 3 heterocycles. The van der Waals surface area contributed by atoms with Crippen molar-refractivity contribution in [3.05, 3.63) is 88.1 Å². The van der Waals surface area contributed by atoms with Crippen LogP contribution in [0.4, 0.5) is 5.82 Å². The molecule has 4 atom stereocenters. The van der Waals surface area contributed by atoms with E-state index in [1.54, 1.807) is 6.07 Å². The molecular weight excluding hydrogens is 560 g/mol. The van der Waals surface area contributed by atoms with Gasteiger partial charge in [-0.2, -0.15) is 0 Å². The van der Waals surface area contributed by atoms with Crippen molar-refractivity contribution in [2.75, 3.05) is 24.5 Å². The molecule has 1 aromatic heterocycles. The SMILES string of the molecule is CCc1ccc2c(c1)[C@@H](NC[C@H](O)[C@H](Cc1ccccc1)NC(=O)c1cc(Cl)nc(N3CCC[C@@H](C)C3)c1)CC(C)(C)O2. The van der Waals surface area contributed by atoms with Crippen LogP contribution in [0.3, 0.4) is 0 Å². The van der Waals surface area contributed by atoms with E-state index in [0.29, 0.717) is 24.4 Å². The van der Waals surface area contributed by atoms with Crippen LogP contribution in [-0.2, 0) is 12.8 Å². The molecule has 2 aliphatic heterocycles. The van der Waals surface area contributed by atoms with Crippen molar-refractivity contribution >= 4 is 23.3 Å². The van der Waals surface area contributed by atoms with E-state index in [9.17, 15) is 9.90 Å². The zero-order valence-electron chi connectivity index (χ0n) is 25.8. The van der Waals surface area contributed by atoms with Crippen LogP contribution in [-0.4, -0.2) is 53.4 Å². The molecule has 43 heavy (non-hydrogen) atoms. The number of benzene rings is 2. The molecular formula is C35H45ClN4O3.